The Labute approximate surface area is 138 Å². The van der Waals surface area contributed by atoms with Gasteiger partial charge in [0, 0.05) is 37.9 Å². The Balaban J connectivity index is 1.54. The molecule has 0 spiro atoms. The molecule has 1 atom stereocenters. The lowest BCUT2D eigenvalue weighted by Crippen LogP contribution is -2.51. The molecule has 0 aliphatic carbocycles. The van der Waals surface area contributed by atoms with Crippen molar-refractivity contribution in [2.24, 2.45) is 0 Å². The Hall–Kier alpha value is -1.40. The van der Waals surface area contributed by atoms with E-state index in [4.69, 9.17) is 4.74 Å². The number of hydrogen-bond donors (Lipinski definition) is 1. The molecule has 0 aromatic carbocycles. The lowest BCUT2D eigenvalue weighted by Gasteiger charge is -2.41. The highest BCUT2D eigenvalue weighted by Crippen LogP contribution is 2.21. The minimum absolute atomic E-state index is 0.0574. The first kappa shape index (κ1) is 16.5. The van der Waals surface area contributed by atoms with Crippen LogP contribution in [0.4, 0.5) is 0 Å². The van der Waals surface area contributed by atoms with E-state index >= 15 is 0 Å². The summed E-state index contributed by atoms with van der Waals surface area (Å²) in [7, 11) is 0. The first-order chi connectivity index (χ1) is 11.0. The van der Waals surface area contributed by atoms with Crippen LogP contribution in [0.1, 0.15) is 55.7 Å². The molecule has 23 heavy (non-hydrogen) atoms. The molecule has 6 nitrogen and oxygen atoms in total. The minimum Gasteiger partial charge on any atom is -0.376 e. The van der Waals surface area contributed by atoms with E-state index in [1.165, 1.54) is 0 Å². The number of H-pyrrole nitrogens is 1. The predicted molar refractivity (Wildman–Crippen MR) is 88.6 cm³/mol. The molecule has 2 saturated heterocycles. The quantitative estimate of drug-likeness (QED) is 0.923. The highest BCUT2D eigenvalue weighted by Gasteiger charge is 2.30. The van der Waals surface area contributed by atoms with Crippen molar-refractivity contribution in [3.8, 4) is 0 Å². The van der Waals surface area contributed by atoms with Gasteiger partial charge in [0.25, 0.3) is 5.91 Å². The molecule has 3 rings (SSSR count). The van der Waals surface area contributed by atoms with Gasteiger partial charge in [0.05, 0.1) is 12.7 Å². The molecular weight excluding hydrogens is 292 g/mol. The average Bonchev–Trinajstić information content (AvgIpc) is 3.04. The number of nitrogens with zero attached hydrogens (tertiary/aromatic N) is 3. The third-order valence-electron chi connectivity index (χ3n) is 4.98. The predicted octanol–water partition coefficient (Wildman–Crippen LogP) is 1.86. The van der Waals surface area contributed by atoms with Crippen molar-refractivity contribution in [1.82, 2.24) is 20.0 Å². The molecule has 2 fully saturated rings. The highest BCUT2D eigenvalue weighted by atomic mass is 16.5. The first-order valence-electron chi connectivity index (χ1n) is 8.75. The molecule has 2 aliphatic heterocycles. The second kappa shape index (κ2) is 7.01. The third kappa shape index (κ3) is 3.75. The number of hydrogen-bond acceptors (Lipinski definition) is 4. The average molecular weight is 320 g/mol. The van der Waals surface area contributed by atoms with Crippen LogP contribution in [-0.2, 0) is 4.74 Å². The molecule has 2 aliphatic rings. The van der Waals surface area contributed by atoms with E-state index in [9.17, 15) is 4.79 Å². The number of likely N-dealkylation sites (tertiary alicyclic amines) is 1. The maximum Gasteiger partial charge on any atom is 0.274 e. The van der Waals surface area contributed by atoms with Crippen LogP contribution in [0.2, 0.25) is 0 Å². The summed E-state index contributed by atoms with van der Waals surface area (Å²) in [5, 5.41) is 7.16. The second-order valence-electron chi connectivity index (χ2n) is 7.06. The highest BCUT2D eigenvalue weighted by molar-refractivity contribution is 5.92. The van der Waals surface area contributed by atoms with Crippen LogP contribution in [0.25, 0.3) is 0 Å². The lowest BCUT2D eigenvalue weighted by atomic mass is 10.0. The smallest absolute Gasteiger partial charge is 0.274 e. The van der Waals surface area contributed by atoms with Gasteiger partial charge in [-0.1, -0.05) is 13.8 Å². The van der Waals surface area contributed by atoms with Gasteiger partial charge in [-0.25, -0.2) is 0 Å². The molecule has 1 N–H and O–H groups in total. The Morgan fingerprint density at radius 1 is 1.35 bits per heavy atom. The number of nitrogens with one attached hydrogen (secondary N) is 1. The second-order valence-corrected chi connectivity index (χ2v) is 7.06. The van der Waals surface area contributed by atoms with Gasteiger partial charge in [-0.05, 0) is 31.7 Å². The Bertz CT molecular complexity index is 534. The van der Waals surface area contributed by atoms with Gasteiger partial charge in [-0.2, -0.15) is 5.10 Å². The van der Waals surface area contributed by atoms with E-state index in [-0.39, 0.29) is 5.91 Å². The summed E-state index contributed by atoms with van der Waals surface area (Å²) in [5.74, 6) is 0.417. The lowest BCUT2D eigenvalue weighted by molar-refractivity contribution is -0.0424. The van der Waals surface area contributed by atoms with E-state index in [1.54, 1.807) is 0 Å². The van der Waals surface area contributed by atoms with Gasteiger partial charge in [-0.15, -0.1) is 0 Å². The number of rotatable bonds is 3. The fraction of sp³-hybridized carbons (Fsp3) is 0.765. The van der Waals surface area contributed by atoms with E-state index in [0.29, 0.717) is 23.8 Å². The number of morpholine rings is 1. The van der Waals surface area contributed by atoms with Gasteiger partial charge in [0.2, 0.25) is 0 Å². The number of aromatic nitrogens is 2. The molecule has 1 unspecified atom stereocenters. The summed E-state index contributed by atoms with van der Waals surface area (Å²) in [6.45, 7) is 10.8. The maximum atomic E-state index is 12.6. The SMILES string of the molecule is CC1CN(C2CCN(C(=O)c3cc(C(C)C)[nH]n3)CC2)CCO1. The van der Waals surface area contributed by atoms with E-state index in [2.05, 4.69) is 35.9 Å². The van der Waals surface area contributed by atoms with Gasteiger partial charge in [-0.3, -0.25) is 14.8 Å². The molecule has 0 saturated carbocycles. The summed E-state index contributed by atoms with van der Waals surface area (Å²) in [6.07, 6.45) is 2.40. The van der Waals surface area contributed by atoms with Gasteiger partial charge in [0.15, 0.2) is 0 Å². The Kier molecular flexibility index (Phi) is 5.02. The third-order valence-corrected chi connectivity index (χ3v) is 4.98. The first-order valence-corrected chi connectivity index (χ1v) is 8.75. The number of piperidine rings is 1. The van der Waals surface area contributed by atoms with E-state index < -0.39 is 0 Å². The van der Waals surface area contributed by atoms with Crippen LogP contribution < -0.4 is 0 Å². The van der Waals surface area contributed by atoms with Crippen molar-refractivity contribution >= 4 is 5.91 Å². The van der Waals surface area contributed by atoms with Crippen LogP contribution in [0.5, 0.6) is 0 Å². The molecule has 1 amide bonds. The van der Waals surface area contributed by atoms with Crippen LogP contribution >= 0.6 is 0 Å². The monoisotopic (exact) mass is 320 g/mol. The standard InChI is InChI=1S/C17H28N4O2/c1-12(2)15-10-16(19-18-15)17(22)20-6-4-14(5-7-20)21-8-9-23-13(3)11-21/h10,12-14H,4-9,11H2,1-3H3,(H,18,19). The Morgan fingerprint density at radius 2 is 2.09 bits per heavy atom. The number of amides is 1. The van der Waals surface area contributed by atoms with E-state index in [1.807, 2.05) is 11.0 Å². The van der Waals surface area contributed by atoms with Crippen LogP contribution in [0.15, 0.2) is 6.07 Å². The molecule has 0 radical (unpaired) electrons. The van der Waals surface area contributed by atoms with Crippen molar-refractivity contribution < 1.29 is 9.53 Å². The number of aromatic amines is 1. The Morgan fingerprint density at radius 3 is 2.70 bits per heavy atom. The molecule has 1 aromatic heterocycles. The van der Waals surface area contributed by atoms with Crippen molar-refractivity contribution in [3.63, 3.8) is 0 Å². The number of carbonyl (C=O) groups is 1. The van der Waals surface area contributed by atoms with Crippen molar-refractivity contribution in [2.75, 3.05) is 32.8 Å². The molecular formula is C17H28N4O2. The molecule has 1 aromatic rings. The van der Waals surface area contributed by atoms with Crippen molar-refractivity contribution in [2.45, 2.75) is 51.7 Å². The van der Waals surface area contributed by atoms with Gasteiger partial charge in [0.1, 0.15) is 5.69 Å². The minimum atomic E-state index is 0.0574. The summed E-state index contributed by atoms with van der Waals surface area (Å²) in [6, 6.07) is 2.47. The molecule has 128 valence electrons. The zero-order chi connectivity index (χ0) is 16.4. The summed E-state index contributed by atoms with van der Waals surface area (Å²) < 4.78 is 5.62. The zero-order valence-corrected chi connectivity index (χ0v) is 14.4. The molecule has 0 bridgehead atoms. The molecule has 3 heterocycles. The fourth-order valence-corrected chi connectivity index (χ4v) is 3.52. The topological polar surface area (TPSA) is 61.5 Å². The zero-order valence-electron chi connectivity index (χ0n) is 14.4. The summed E-state index contributed by atoms with van der Waals surface area (Å²) >= 11 is 0. The number of ether oxygens (including phenoxy) is 1. The van der Waals surface area contributed by atoms with Crippen LogP contribution in [0.3, 0.4) is 0 Å². The van der Waals surface area contributed by atoms with Crippen LogP contribution in [0, 0.1) is 0 Å². The normalized spacial score (nSPS) is 24.3. The number of carbonyl (C=O) groups excluding carboxylic acids is 1. The fourth-order valence-electron chi connectivity index (χ4n) is 3.52. The van der Waals surface area contributed by atoms with E-state index in [0.717, 1.165) is 51.3 Å². The van der Waals surface area contributed by atoms with Crippen LogP contribution in [-0.4, -0.2) is 70.8 Å². The van der Waals surface area contributed by atoms with Crippen molar-refractivity contribution in [3.05, 3.63) is 17.5 Å². The molecule has 6 heteroatoms. The largest absolute Gasteiger partial charge is 0.376 e. The van der Waals surface area contributed by atoms with Crippen molar-refractivity contribution in [1.29, 1.82) is 0 Å². The van der Waals surface area contributed by atoms with Gasteiger partial charge >= 0.3 is 0 Å². The summed E-state index contributed by atoms with van der Waals surface area (Å²) in [5.41, 5.74) is 1.57. The maximum absolute atomic E-state index is 12.6. The van der Waals surface area contributed by atoms with Gasteiger partial charge < -0.3 is 9.64 Å². The summed E-state index contributed by atoms with van der Waals surface area (Å²) in [4.78, 5) is 17.1.